The highest BCUT2D eigenvalue weighted by Crippen LogP contribution is 2.50. The molecule has 2 aliphatic carbocycles. The Bertz CT molecular complexity index is 2590. The predicted octanol–water partition coefficient (Wildman–Crippen LogP) is 7.94. The number of likely N-dealkylation sites (tertiary alicyclic amines) is 1. The zero-order chi connectivity index (χ0) is 46.0. The predicted molar refractivity (Wildman–Crippen MR) is 247 cm³/mol. The van der Waals surface area contributed by atoms with E-state index in [0.29, 0.717) is 17.9 Å². The first-order chi connectivity index (χ1) is 31.3. The molecule has 15 nitrogen and oxygen atoms in total. The Morgan fingerprint density at radius 3 is 2.15 bits per heavy atom. The van der Waals surface area contributed by atoms with Crippen LogP contribution in [-0.4, -0.2) is 106 Å². The van der Waals surface area contributed by atoms with Crippen LogP contribution in [0.15, 0.2) is 97.9 Å². The number of aromatic nitrogens is 4. The van der Waals surface area contributed by atoms with Crippen LogP contribution in [-0.2, 0) is 30.3 Å². The number of ether oxygens (including phenoxy) is 3. The lowest BCUT2D eigenvalue weighted by Crippen LogP contribution is -2.53. The van der Waals surface area contributed by atoms with Gasteiger partial charge in [0.15, 0.2) is 0 Å². The largest absolute Gasteiger partial charge is 0.453 e. The van der Waals surface area contributed by atoms with E-state index >= 15 is 0 Å². The number of fused-ring (bicyclic) bond motifs is 3. The number of methoxy groups -OCH3 is 3. The third-order valence-electron chi connectivity index (χ3n) is 13.3. The number of carbonyl (C=O) groups is 4. The van der Waals surface area contributed by atoms with E-state index < -0.39 is 24.3 Å². The van der Waals surface area contributed by atoms with Gasteiger partial charge in [0.1, 0.15) is 23.7 Å². The molecule has 5 aromatic rings. The molecule has 15 heteroatoms. The van der Waals surface area contributed by atoms with Crippen LogP contribution in [0.4, 0.5) is 9.59 Å². The first kappa shape index (κ1) is 44.9. The lowest BCUT2D eigenvalue weighted by atomic mass is 9.96. The van der Waals surface area contributed by atoms with Gasteiger partial charge in [-0.3, -0.25) is 9.59 Å². The van der Waals surface area contributed by atoms with Gasteiger partial charge in [-0.15, -0.1) is 6.58 Å². The van der Waals surface area contributed by atoms with Crippen molar-refractivity contribution in [2.45, 2.75) is 76.7 Å². The number of carbonyl (C=O) groups excluding carboxylic acids is 4. The van der Waals surface area contributed by atoms with Crippen molar-refractivity contribution in [1.29, 1.82) is 0 Å². The van der Waals surface area contributed by atoms with E-state index in [1.165, 1.54) is 21.3 Å². The molecule has 0 unspecified atom stereocenters. The summed E-state index contributed by atoms with van der Waals surface area (Å²) in [6.45, 7) is 12.7. The van der Waals surface area contributed by atoms with E-state index in [1.54, 1.807) is 11.1 Å². The Balaban J connectivity index is 0.956. The van der Waals surface area contributed by atoms with Gasteiger partial charge in [-0.25, -0.2) is 19.6 Å². The van der Waals surface area contributed by atoms with Gasteiger partial charge in [0.25, 0.3) is 5.91 Å². The summed E-state index contributed by atoms with van der Waals surface area (Å²) in [5.41, 5.74) is 6.06. The number of nitrogens with zero attached hydrogens (tertiary/aromatic N) is 4. The zero-order valence-corrected chi connectivity index (χ0v) is 37.7. The fourth-order valence-electron chi connectivity index (χ4n) is 9.50. The topological polar surface area (TPSA) is 184 Å². The number of nitrogens with one attached hydrogen (secondary N) is 4. The molecule has 65 heavy (non-hydrogen) atoms. The van der Waals surface area contributed by atoms with E-state index in [9.17, 15) is 19.2 Å². The van der Waals surface area contributed by atoms with Gasteiger partial charge >= 0.3 is 12.2 Å². The molecule has 2 saturated carbocycles. The van der Waals surface area contributed by atoms with E-state index in [0.717, 1.165) is 82.3 Å². The molecule has 8 rings (SSSR count). The lowest BCUT2D eigenvalue weighted by Gasteiger charge is -2.37. The molecule has 340 valence electrons. The quantitative estimate of drug-likeness (QED) is 0.0674. The standard InChI is InChI=1S/C50H58N8O7/c1-8-50(19-20-50)28-57(46(59)42(29(2)3)55-48(61)64-6)26-41-51-24-40(53-41)36-16-15-34-21-33(13-14-35(34)22-36)31-9-11-32(12-10-31)39-25-52-45(54-39)44-37-17-18-38(23-37)58(44)47(60)43(30(4)27-63-5)56-49(62)65-7/h8-16,21-22,24-25,29,37-38,42-44H,1,4,17-20,23,26-28H2,2-3,5-7H3,(H,51,53)(H,52,54)(H,55,61)(H,56,62)/t37-,38+,42-,43-,44-/m0/s1. The maximum atomic E-state index is 14.1. The van der Waals surface area contributed by atoms with Gasteiger partial charge in [0, 0.05) is 30.7 Å². The SMILES string of the molecule is C=CC1(CN(Cc2ncc(-c3ccc4cc(-c5ccc(-c6cnc([C@@H]7[C@H]8CC[C@H](C8)N7C(=O)[C@@H](NC(=O)OC)C(=C)COC)[nH]6)cc5)ccc4c3)[nH]2)C(=O)[C@@H](NC(=O)OC)C(C)C)CC1. The van der Waals surface area contributed by atoms with Crippen LogP contribution < -0.4 is 10.6 Å². The number of alkyl carbamates (subject to hydrolysis) is 2. The normalized spacial score (nSPS) is 19.1. The summed E-state index contributed by atoms with van der Waals surface area (Å²) in [4.78, 5) is 72.5. The van der Waals surface area contributed by atoms with E-state index in [1.807, 2.05) is 31.0 Å². The molecular weight excluding hydrogens is 825 g/mol. The zero-order valence-electron chi connectivity index (χ0n) is 37.7. The molecule has 1 aliphatic heterocycles. The average Bonchev–Trinajstić information content (AvgIpc) is 3.80. The molecule has 3 fully saturated rings. The molecular formula is C50H58N8O7. The van der Waals surface area contributed by atoms with E-state index in [4.69, 9.17) is 19.2 Å². The van der Waals surface area contributed by atoms with Crippen molar-refractivity contribution >= 4 is 34.8 Å². The minimum atomic E-state index is -0.986. The van der Waals surface area contributed by atoms with Crippen LogP contribution in [0.1, 0.15) is 63.6 Å². The molecule has 5 atom stereocenters. The highest BCUT2D eigenvalue weighted by molar-refractivity contribution is 5.91. The van der Waals surface area contributed by atoms with Gasteiger partial charge in [0.2, 0.25) is 5.91 Å². The summed E-state index contributed by atoms with van der Waals surface area (Å²) in [5, 5.41) is 7.54. The van der Waals surface area contributed by atoms with Gasteiger partial charge in [-0.2, -0.15) is 0 Å². The van der Waals surface area contributed by atoms with Crippen molar-refractivity contribution in [3.63, 3.8) is 0 Å². The van der Waals surface area contributed by atoms with Crippen molar-refractivity contribution in [1.82, 2.24) is 40.4 Å². The summed E-state index contributed by atoms with van der Waals surface area (Å²) in [6, 6.07) is 19.1. The number of aromatic amines is 2. The number of rotatable bonds is 17. The number of hydrogen-bond acceptors (Lipinski definition) is 9. The van der Waals surface area contributed by atoms with Crippen molar-refractivity contribution in [2.75, 3.05) is 34.5 Å². The van der Waals surface area contributed by atoms with Crippen molar-refractivity contribution in [2.24, 2.45) is 17.3 Å². The monoisotopic (exact) mass is 882 g/mol. The minimum absolute atomic E-state index is 0.0414. The maximum absolute atomic E-state index is 14.1. The van der Waals surface area contributed by atoms with Crippen LogP contribution in [0.2, 0.25) is 0 Å². The molecule has 0 spiro atoms. The van der Waals surface area contributed by atoms with Crippen LogP contribution >= 0.6 is 0 Å². The first-order valence-electron chi connectivity index (χ1n) is 22.2. The summed E-state index contributed by atoms with van der Waals surface area (Å²) >= 11 is 0. The summed E-state index contributed by atoms with van der Waals surface area (Å²) < 4.78 is 14.9. The van der Waals surface area contributed by atoms with Gasteiger partial charge < -0.3 is 44.6 Å². The lowest BCUT2D eigenvalue weighted by molar-refractivity contribution is -0.137. The van der Waals surface area contributed by atoms with E-state index in [2.05, 4.69) is 99.4 Å². The van der Waals surface area contributed by atoms with Gasteiger partial charge in [-0.1, -0.05) is 75.0 Å². The highest BCUT2D eigenvalue weighted by Gasteiger charge is 2.51. The third-order valence-corrected chi connectivity index (χ3v) is 13.3. The number of H-pyrrole nitrogens is 2. The third kappa shape index (κ3) is 9.42. The van der Waals surface area contributed by atoms with Crippen molar-refractivity contribution in [3.8, 4) is 33.6 Å². The van der Waals surface area contributed by atoms with Crippen LogP contribution in [0.3, 0.4) is 0 Å². The Kier molecular flexibility index (Phi) is 13.0. The molecule has 4 N–H and O–H groups in total. The Morgan fingerprint density at radius 1 is 0.862 bits per heavy atom. The second-order valence-electron chi connectivity index (χ2n) is 18.0. The maximum Gasteiger partial charge on any atom is 0.407 e. The first-order valence-corrected chi connectivity index (χ1v) is 22.2. The van der Waals surface area contributed by atoms with Crippen LogP contribution in [0, 0.1) is 17.3 Å². The number of piperidine rings is 1. The van der Waals surface area contributed by atoms with Gasteiger partial charge in [0.05, 0.1) is 57.2 Å². The number of hydrogen-bond donors (Lipinski definition) is 4. The van der Waals surface area contributed by atoms with Crippen LogP contribution in [0.25, 0.3) is 44.4 Å². The van der Waals surface area contributed by atoms with Crippen molar-refractivity contribution in [3.05, 3.63) is 110 Å². The highest BCUT2D eigenvalue weighted by atomic mass is 16.5. The second-order valence-corrected chi connectivity index (χ2v) is 18.0. The number of imidazole rings is 2. The summed E-state index contributed by atoms with van der Waals surface area (Å²) in [7, 11) is 4.07. The Morgan fingerprint density at radius 2 is 1.49 bits per heavy atom. The number of amides is 4. The van der Waals surface area contributed by atoms with Crippen molar-refractivity contribution < 1.29 is 33.4 Å². The molecule has 1 saturated heterocycles. The molecule has 3 aliphatic rings. The molecule has 2 bridgehead atoms. The molecule has 2 aromatic heterocycles. The molecule has 3 aromatic carbocycles. The summed E-state index contributed by atoms with van der Waals surface area (Å²) in [5.74, 6) is 1.02. The summed E-state index contributed by atoms with van der Waals surface area (Å²) in [6.07, 6.45) is 8.86. The fraction of sp³-hybridized carbons (Fsp3) is 0.400. The minimum Gasteiger partial charge on any atom is -0.453 e. The second kappa shape index (κ2) is 18.8. The van der Waals surface area contributed by atoms with Crippen LogP contribution in [0.5, 0.6) is 0 Å². The molecule has 0 radical (unpaired) electrons. The van der Waals surface area contributed by atoms with E-state index in [-0.39, 0.29) is 54.3 Å². The molecule has 3 heterocycles. The Labute approximate surface area is 379 Å². The average molecular weight is 883 g/mol. The van der Waals surface area contributed by atoms with Gasteiger partial charge in [-0.05, 0) is 89.1 Å². The Hall–Kier alpha value is -6.74. The number of benzene rings is 3. The fourth-order valence-corrected chi connectivity index (χ4v) is 9.50. The smallest absolute Gasteiger partial charge is 0.407 e. The molecule has 4 amide bonds.